The molecule has 3 nitrogen and oxygen atoms in total. The van der Waals surface area contributed by atoms with Gasteiger partial charge in [0.15, 0.2) is 0 Å². The molecular weight excluding hydrogens is 1330 g/mol. The summed E-state index contributed by atoms with van der Waals surface area (Å²) in [4.78, 5) is 0. The topological polar surface area (TPSA) is 66.5 Å². The maximum absolute atomic E-state index is 10.7. The van der Waals surface area contributed by atoms with Gasteiger partial charge in [0.25, 0.3) is 0 Å². The van der Waals surface area contributed by atoms with Crippen LogP contribution in [-0.2, 0) is 0 Å². The Morgan fingerprint density at radius 1 is 0.209 bits per heavy atom. The smallest absolute Gasteiger partial charge is 0.0949 e. The summed E-state index contributed by atoms with van der Waals surface area (Å²) in [6.07, 6.45) is 144. The van der Waals surface area contributed by atoms with Crippen molar-refractivity contribution >= 4 is 0 Å². The third kappa shape index (κ3) is 88.7. The van der Waals surface area contributed by atoms with Crippen molar-refractivity contribution in [1.29, 1.82) is 0 Å². The second-order valence-corrected chi connectivity index (χ2v) is 38.8. The van der Waals surface area contributed by atoms with Crippen molar-refractivity contribution in [2.45, 2.75) is 674 Å². The largest absolute Gasteiger partial charge is 0.390 e. The molecule has 1 rings (SSSR count). The van der Waals surface area contributed by atoms with E-state index in [2.05, 4.69) is 13.8 Å². The first-order chi connectivity index (χ1) is 54.5. The Kier molecular flexibility index (Phi) is 94.2. The van der Waals surface area contributed by atoms with E-state index in [0.29, 0.717) is 18.3 Å². The van der Waals surface area contributed by atoms with E-state index in [4.69, 9.17) is 5.73 Å². The number of aliphatic hydroxyl groups is 2. The molecule has 0 aromatic rings. The summed E-state index contributed by atoms with van der Waals surface area (Å²) < 4.78 is 0. The molecule has 660 valence electrons. The molecule has 0 aromatic heterocycles. The van der Waals surface area contributed by atoms with E-state index >= 15 is 0 Å². The molecule has 1 aliphatic carbocycles. The highest BCUT2D eigenvalue weighted by Crippen LogP contribution is 2.30. The van der Waals surface area contributed by atoms with Crippen LogP contribution < -0.4 is 5.73 Å². The summed E-state index contributed by atoms with van der Waals surface area (Å²) in [6, 6.07) is -0.282. The van der Waals surface area contributed by atoms with E-state index in [9.17, 15) is 10.2 Å². The molecule has 0 aromatic carbocycles. The normalized spacial score (nSPS) is 14.0. The molecule has 0 aliphatic heterocycles. The first-order valence-electron chi connectivity index (χ1n) is 53.7. The van der Waals surface area contributed by atoms with Crippen LogP contribution in [0.15, 0.2) is 0 Å². The van der Waals surface area contributed by atoms with Crippen LogP contribution in [0.25, 0.3) is 0 Å². The standard InChI is InChI=1S/C107H215NO2/c1-3-4-5-6-7-8-9-10-11-12-13-14-15-16-17-18-19-20-21-22-23-24-25-26-27-28-29-30-31-32-33-34-35-36-37-38-39-40-41-42-43-44-45-46-47-48-49-50-51-52-53-54-55-56-57-58-59-60-61-62-63-64-65-66-67-68-69-70-71-72-73-74-75-76-77-78-79-80-81-82-83-84-85-86-87-88-89-90-91-92-93-95-98-103(2)101-106(109)107(110)105(108)102-104-99-96-94-97-100-104/h103-107,109-110H,3-102,108H2,1-2H3/t103?,105-,106+,107-/m1/s1. The summed E-state index contributed by atoms with van der Waals surface area (Å²) in [7, 11) is 0. The van der Waals surface area contributed by atoms with Crippen molar-refractivity contribution in [2.24, 2.45) is 17.6 Å². The Morgan fingerprint density at radius 2 is 0.345 bits per heavy atom. The number of unbranched alkanes of at least 4 members (excludes halogenated alkanes) is 91. The van der Waals surface area contributed by atoms with E-state index < -0.39 is 12.2 Å². The first-order valence-corrected chi connectivity index (χ1v) is 53.7. The Morgan fingerprint density at radius 3 is 0.491 bits per heavy atom. The molecule has 0 radical (unpaired) electrons. The fourth-order valence-corrected chi connectivity index (χ4v) is 19.4. The quantitative estimate of drug-likeness (QED) is 0.0532. The van der Waals surface area contributed by atoms with Crippen molar-refractivity contribution in [3.63, 3.8) is 0 Å². The highest BCUT2D eigenvalue weighted by atomic mass is 16.3. The van der Waals surface area contributed by atoms with E-state index in [1.54, 1.807) is 0 Å². The summed E-state index contributed by atoms with van der Waals surface area (Å²) in [5, 5.41) is 21.3. The minimum atomic E-state index is -0.773. The zero-order valence-corrected chi connectivity index (χ0v) is 77.1. The second kappa shape index (κ2) is 96.0. The van der Waals surface area contributed by atoms with E-state index in [-0.39, 0.29) is 6.04 Å². The molecule has 3 heteroatoms. The van der Waals surface area contributed by atoms with Crippen LogP contribution in [-0.4, -0.2) is 28.5 Å². The monoisotopic (exact) mass is 1550 g/mol. The zero-order valence-electron chi connectivity index (χ0n) is 77.1. The SMILES string of the molecule is CCCCCCCCCCCCCCCCCCCCCCCCCCCCCCCCCCCCCCCCCCCCCCCCCCCCCCCCCCCCCCCCCCCCCCCCCCCCCCCCCCCCCCCCCCCCCCC(C)C[C@H](O)[C@H](O)[C@H](N)CC1CCCCC1. The fraction of sp³-hybridized carbons (Fsp3) is 1.00. The van der Waals surface area contributed by atoms with Crippen molar-refractivity contribution in [2.75, 3.05) is 0 Å². The highest BCUT2D eigenvalue weighted by Gasteiger charge is 2.28. The third-order valence-electron chi connectivity index (χ3n) is 27.4. The third-order valence-corrected chi connectivity index (χ3v) is 27.4. The average molecular weight is 1550 g/mol. The molecule has 0 spiro atoms. The van der Waals surface area contributed by atoms with Crippen LogP contribution in [0.2, 0.25) is 0 Å². The van der Waals surface area contributed by atoms with E-state index in [1.807, 2.05) is 0 Å². The van der Waals surface area contributed by atoms with Gasteiger partial charge in [-0.05, 0) is 24.7 Å². The van der Waals surface area contributed by atoms with Gasteiger partial charge in [-0.25, -0.2) is 0 Å². The zero-order chi connectivity index (χ0) is 78.6. The lowest BCUT2D eigenvalue weighted by Crippen LogP contribution is -2.44. The number of hydrogen-bond donors (Lipinski definition) is 3. The van der Waals surface area contributed by atoms with Crippen molar-refractivity contribution in [1.82, 2.24) is 0 Å². The van der Waals surface area contributed by atoms with Crippen LogP contribution >= 0.6 is 0 Å². The lowest BCUT2D eigenvalue weighted by Gasteiger charge is -2.30. The van der Waals surface area contributed by atoms with Gasteiger partial charge in [0.2, 0.25) is 0 Å². The van der Waals surface area contributed by atoms with Gasteiger partial charge in [0.1, 0.15) is 0 Å². The molecule has 0 saturated heterocycles. The van der Waals surface area contributed by atoms with Gasteiger partial charge < -0.3 is 15.9 Å². The molecular formula is C107H215NO2. The minimum absolute atomic E-state index is 0.282. The van der Waals surface area contributed by atoms with E-state index in [0.717, 1.165) is 12.8 Å². The van der Waals surface area contributed by atoms with Gasteiger partial charge in [0.05, 0.1) is 12.2 Å². The van der Waals surface area contributed by atoms with Gasteiger partial charge in [-0.3, -0.25) is 0 Å². The number of hydrogen-bond acceptors (Lipinski definition) is 3. The molecule has 4 atom stereocenters. The van der Waals surface area contributed by atoms with Gasteiger partial charge in [-0.2, -0.15) is 0 Å². The summed E-state index contributed by atoms with van der Waals surface area (Å²) in [5.41, 5.74) is 6.33. The number of rotatable bonds is 99. The van der Waals surface area contributed by atoms with Crippen LogP contribution in [0.4, 0.5) is 0 Å². The molecule has 1 unspecified atom stereocenters. The predicted octanol–water partition coefficient (Wildman–Crippen LogP) is 38.3. The van der Waals surface area contributed by atoms with Crippen LogP contribution in [0.1, 0.15) is 656 Å². The molecule has 1 aliphatic rings. The van der Waals surface area contributed by atoms with Crippen LogP contribution in [0.3, 0.4) is 0 Å². The van der Waals surface area contributed by atoms with Gasteiger partial charge in [-0.1, -0.05) is 643 Å². The molecule has 0 heterocycles. The predicted molar refractivity (Wildman–Crippen MR) is 500 cm³/mol. The van der Waals surface area contributed by atoms with Crippen molar-refractivity contribution in [3.05, 3.63) is 0 Å². The Labute approximate surface area is 697 Å². The molecule has 110 heavy (non-hydrogen) atoms. The van der Waals surface area contributed by atoms with Gasteiger partial charge in [-0.15, -0.1) is 0 Å². The number of aliphatic hydroxyl groups excluding tert-OH is 2. The Balaban J connectivity index is 1.60. The van der Waals surface area contributed by atoms with E-state index in [1.165, 1.54) is 623 Å². The van der Waals surface area contributed by atoms with Crippen LogP contribution in [0.5, 0.6) is 0 Å². The summed E-state index contributed by atoms with van der Waals surface area (Å²) in [5.74, 6) is 1.09. The lowest BCUT2D eigenvalue weighted by atomic mass is 9.82. The minimum Gasteiger partial charge on any atom is -0.390 e. The summed E-state index contributed by atoms with van der Waals surface area (Å²) in [6.45, 7) is 4.55. The molecule has 4 N–H and O–H groups in total. The Hall–Kier alpha value is -0.120. The fourth-order valence-electron chi connectivity index (χ4n) is 19.4. The maximum Gasteiger partial charge on any atom is 0.0949 e. The van der Waals surface area contributed by atoms with Gasteiger partial charge in [0, 0.05) is 6.04 Å². The van der Waals surface area contributed by atoms with Crippen molar-refractivity contribution < 1.29 is 10.2 Å². The summed E-state index contributed by atoms with van der Waals surface area (Å²) >= 11 is 0. The maximum atomic E-state index is 10.7. The molecule has 0 amide bonds. The number of nitrogens with two attached hydrogens (primary N) is 1. The second-order valence-electron chi connectivity index (χ2n) is 38.8. The lowest BCUT2D eigenvalue weighted by molar-refractivity contribution is -0.0135. The highest BCUT2D eigenvalue weighted by molar-refractivity contribution is 4.83. The average Bonchev–Trinajstić information content (AvgIpc) is 0.892. The van der Waals surface area contributed by atoms with Crippen molar-refractivity contribution in [3.8, 4) is 0 Å². The van der Waals surface area contributed by atoms with Gasteiger partial charge >= 0.3 is 0 Å². The molecule has 1 saturated carbocycles. The molecule has 1 fully saturated rings. The molecule has 0 bridgehead atoms. The Bertz CT molecular complexity index is 1590. The first kappa shape index (κ1) is 108. The van der Waals surface area contributed by atoms with Crippen LogP contribution in [0, 0.1) is 11.8 Å².